The third-order valence-corrected chi connectivity index (χ3v) is 6.58. The molecule has 188 valence electrons. The number of carbonyl (C=O) groups is 2. The van der Waals surface area contributed by atoms with Crippen LogP contribution in [0.1, 0.15) is 40.7 Å². The lowest BCUT2D eigenvalue weighted by molar-refractivity contribution is -0.116. The summed E-state index contributed by atoms with van der Waals surface area (Å²) < 4.78 is 28.1. The van der Waals surface area contributed by atoms with E-state index in [2.05, 4.69) is 10.6 Å². The summed E-state index contributed by atoms with van der Waals surface area (Å²) in [6.45, 7) is 0.658. The number of hydrogen-bond donors (Lipinski definition) is 2. The summed E-state index contributed by atoms with van der Waals surface area (Å²) in [7, 11) is 0. The number of nitrogens with one attached hydrogen (secondary N) is 2. The van der Waals surface area contributed by atoms with Crippen molar-refractivity contribution < 1.29 is 18.4 Å². The van der Waals surface area contributed by atoms with Crippen molar-refractivity contribution in [2.24, 2.45) is 0 Å². The van der Waals surface area contributed by atoms with Crippen LogP contribution in [0.2, 0.25) is 0 Å². The Balaban J connectivity index is 0.00000304. The van der Waals surface area contributed by atoms with Gasteiger partial charge in [0.15, 0.2) is 0 Å². The molecule has 2 aliphatic rings. The zero-order chi connectivity index (χ0) is 24.4. The van der Waals surface area contributed by atoms with Crippen LogP contribution in [0.3, 0.4) is 0 Å². The van der Waals surface area contributed by atoms with Crippen molar-refractivity contribution in [3.63, 3.8) is 0 Å². The van der Waals surface area contributed by atoms with Crippen molar-refractivity contribution in [2.75, 3.05) is 23.7 Å². The van der Waals surface area contributed by atoms with E-state index >= 15 is 0 Å². The molecule has 0 spiro atoms. The van der Waals surface area contributed by atoms with Gasteiger partial charge in [-0.2, -0.15) is 0 Å². The quantitative estimate of drug-likeness (QED) is 0.432. The van der Waals surface area contributed by atoms with Gasteiger partial charge in [0.05, 0.1) is 6.54 Å². The van der Waals surface area contributed by atoms with Crippen LogP contribution in [0.4, 0.5) is 20.2 Å². The van der Waals surface area contributed by atoms with E-state index in [4.69, 9.17) is 0 Å². The van der Waals surface area contributed by atoms with Crippen LogP contribution in [0.25, 0.3) is 11.1 Å². The molecule has 0 aromatic heterocycles. The molecule has 1 saturated heterocycles. The molecule has 0 aliphatic carbocycles. The lowest BCUT2D eigenvalue weighted by atomic mass is 9.96. The first-order chi connectivity index (χ1) is 16.9. The van der Waals surface area contributed by atoms with Crippen molar-refractivity contribution in [2.45, 2.75) is 38.2 Å². The summed E-state index contributed by atoms with van der Waals surface area (Å²) in [6, 6.07) is 20.7. The number of fused-ring (bicyclic) bond motifs is 1. The Morgan fingerprint density at radius 3 is 2.61 bits per heavy atom. The summed E-state index contributed by atoms with van der Waals surface area (Å²) in [5, 5.41) is 5.75. The van der Waals surface area contributed by atoms with Crippen LogP contribution < -0.4 is 10.6 Å². The number of carbonyl (C=O) groups excluding carboxylic acids is 2. The van der Waals surface area contributed by atoms with Crippen LogP contribution >= 0.6 is 12.4 Å². The van der Waals surface area contributed by atoms with Gasteiger partial charge in [-0.05, 0) is 65.9 Å². The molecule has 0 radical (unpaired) electrons. The standard InChI is InChI=1S/C28H27F2N3O2.ClH/c29-28(30)13-4-14-33(18-28)17-22-15-21(8-11-24(22)19-5-2-1-3-6-19)27(35)31-23-10-7-20-9-12-26(34)32-25(20)16-23;/h1-3,5-8,10-11,15-16H,4,9,12-14,17-18H2,(H,31,35)(H,32,34);1H. The van der Waals surface area contributed by atoms with Crippen molar-refractivity contribution in [3.05, 3.63) is 83.4 Å². The number of halogens is 3. The summed E-state index contributed by atoms with van der Waals surface area (Å²) in [6.07, 6.45) is 1.49. The van der Waals surface area contributed by atoms with Crippen LogP contribution in [0, 0.1) is 0 Å². The van der Waals surface area contributed by atoms with Crippen molar-refractivity contribution in [3.8, 4) is 11.1 Å². The average Bonchev–Trinajstić information content (AvgIpc) is 2.83. The Morgan fingerprint density at radius 2 is 1.83 bits per heavy atom. The van der Waals surface area contributed by atoms with E-state index in [9.17, 15) is 18.4 Å². The maximum absolute atomic E-state index is 14.0. The van der Waals surface area contributed by atoms with Gasteiger partial charge in [-0.25, -0.2) is 8.78 Å². The molecule has 2 heterocycles. The monoisotopic (exact) mass is 511 g/mol. The molecule has 2 amide bonds. The van der Waals surface area contributed by atoms with Crippen LogP contribution in [-0.4, -0.2) is 35.7 Å². The van der Waals surface area contributed by atoms with Gasteiger partial charge in [-0.3, -0.25) is 14.5 Å². The molecule has 2 N–H and O–H groups in total. The second-order valence-corrected chi connectivity index (χ2v) is 9.28. The molecule has 36 heavy (non-hydrogen) atoms. The molecule has 3 aromatic carbocycles. The molecule has 0 atom stereocenters. The molecule has 5 rings (SSSR count). The van der Waals surface area contributed by atoms with Crippen molar-refractivity contribution in [1.29, 1.82) is 0 Å². The highest BCUT2D eigenvalue weighted by molar-refractivity contribution is 6.05. The summed E-state index contributed by atoms with van der Waals surface area (Å²) in [4.78, 5) is 26.6. The lowest BCUT2D eigenvalue weighted by Gasteiger charge is -2.33. The van der Waals surface area contributed by atoms with Crippen molar-refractivity contribution >= 4 is 35.6 Å². The second-order valence-electron chi connectivity index (χ2n) is 9.28. The Bertz CT molecular complexity index is 1270. The number of aryl methyl sites for hydroxylation is 1. The highest BCUT2D eigenvalue weighted by Crippen LogP contribution is 2.31. The van der Waals surface area contributed by atoms with Gasteiger partial charge < -0.3 is 10.6 Å². The number of rotatable bonds is 5. The third-order valence-electron chi connectivity index (χ3n) is 6.58. The number of nitrogens with zero attached hydrogens (tertiary/aromatic N) is 1. The molecular weight excluding hydrogens is 484 g/mol. The predicted octanol–water partition coefficient (Wildman–Crippen LogP) is 6.14. The number of benzene rings is 3. The van der Waals surface area contributed by atoms with E-state index in [0.29, 0.717) is 49.3 Å². The fraction of sp³-hybridized carbons (Fsp3) is 0.286. The molecule has 2 aliphatic heterocycles. The zero-order valence-electron chi connectivity index (χ0n) is 19.7. The minimum Gasteiger partial charge on any atom is -0.326 e. The van der Waals surface area contributed by atoms with Gasteiger partial charge in [-0.1, -0.05) is 42.5 Å². The minimum absolute atomic E-state index is 0. The Labute approximate surface area is 215 Å². The van der Waals surface area contributed by atoms with E-state index in [-0.39, 0.29) is 37.2 Å². The number of piperidine rings is 1. The van der Waals surface area contributed by atoms with E-state index in [1.165, 1.54) is 0 Å². The highest BCUT2D eigenvalue weighted by Gasteiger charge is 2.35. The molecule has 0 saturated carbocycles. The first kappa shape index (κ1) is 25.8. The van der Waals surface area contributed by atoms with E-state index in [0.717, 1.165) is 22.3 Å². The Kier molecular flexibility index (Phi) is 7.71. The predicted molar refractivity (Wildman–Crippen MR) is 140 cm³/mol. The number of anilines is 2. The van der Waals surface area contributed by atoms with Crippen LogP contribution in [0.15, 0.2) is 66.7 Å². The fourth-order valence-corrected chi connectivity index (χ4v) is 4.84. The van der Waals surface area contributed by atoms with Crippen molar-refractivity contribution in [1.82, 2.24) is 4.90 Å². The maximum Gasteiger partial charge on any atom is 0.260 e. The number of likely N-dealkylation sites (tertiary alicyclic amines) is 1. The van der Waals surface area contributed by atoms with Gasteiger partial charge >= 0.3 is 0 Å². The number of alkyl halides is 2. The molecule has 1 fully saturated rings. The number of hydrogen-bond acceptors (Lipinski definition) is 3. The third kappa shape index (κ3) is 5.91. The first-order valence-electron chi connectivity index (χ1n) is 11.9. The summed E-state index contributed by atoms with van der Waals surface area (Å²) in [5.41, 5.74) is 5.52. The highest BCUT2D eigenvalue weighted by atomic mass is 35.5. The number of amides is 2. The van der Waals surface area contributed by atoms with Crippen LogP contribution in [0.5, 0.6) is 0 Å². The van der Waals surface area contributed by atoms with E-state index in [1.54, 1.807) is 23.1 Å². The topological polar surface area (TPSA) is 61.4 Å². The van der Waals surface area contributed by atoms with Gasteiger partial charge in [0, 0.05) is 36.3 Å². The maximum atomic E-state index is 14.0. The summed E-state index contributed by atoms with van der Waals surface area (Å²) >= 11 is 0. The van der Waals surface area contributed by atoms with Gasteiger partial charge in [-0.15, -0.1) is 12.4 Å². The first-order valence-corrected chi connectivity index (χ1v) is 11.9. The average molecular weight is 512 g/mol. The van der Waals surface area contributed by atoms with E-state index < -0.39 is 5.92 Å². The SMILES string of the molecule is Cl.O=C1CCc2ccc(NC(=O)c3ccc(-c4ccccc4)c(CN4CCCC(F)(F)C4)c3)cc2N1. The minimum atomic E-state index is -2.69. The molecule has 3 aromatic rings. The normalized spacial score (nSPS) is 16.9. The molecular formula is C28H28ClF2N3O2. The fourth-order valence-electron chi connectivity index (χ4n) is 4.84. The van der Waals surface area contributed by atoms with Gasteiger partial charge in [0.1, 0.15) is 0 Å². The molecule has 0 bridgehead atoms. The molecule has 8 heteroatoms. The smallest absolute Gasteiger partial charge is 0.260 e. The largest absolute Gasteiger partial charge is 0.326 e. The lowest BCUT2D eigenvalue weighted by Crippen LogP contribution is -2.42. The molecule has 5 nitrogen and oxygen atoms in total. The zero-order valence-corrected chi connectivity index (χ0v) is 20.5. The summed E-state index contributed by atoms with van der Waals surface area (Å²) in [5.74, 6) is -3.02. The van der Waals surface area contributed by atoms with Gasteiger partial charge in [0.2, 0.25) is 5.91 Å². The van der Waals surface area contributed by atoms with E-state index in [1.807, 2.05) is 48.5 Å². The van der Waals surface area contributed by atoms with Crippen LogP contribution in [-0.2, 0) is 17.8 Å². The Hall–Kier alpha value is -3.29. The second kappa shape index (κ2) is 10.8. The Morgan fingerprint density at radius 1 is 1.03 bits per heavy atom. The molecule has 0 unspecified atom stereocenters. The van der Waals surface area contributed by atoms with Gasteiger partial charge in [0.25, 0.3) is 11.8 Å².